The van der Waals surface area contributed by atoms with Crippen LogP contribution in [0.25, 0.3) is 0 Å². The third-order valence-electron chi connectivity index (χ3n) is 3.58. The molecule has 25 heavy (non-hydrogen) atoms. The zero-order valence-corrected chi connectivity index (χ0v) is 14.7. The van der Waals surface area contributed by atoms with Crippen LogP contribution in [0.5, 0.6) is 5.75 Å². The highest BCUT2D eigenvalue weighted by Crippen LogP contribution is 2.13. The molecule has 136 valence electrons. The number of carbonyl (C=O) groups excluding carboxylic acids is 1. The Bertz CT molecular complexity index is 687. The van der Waals surface area contributed by atoms with Crippen molar-refractivity contribution in [3.05, 3.63) is 41.5 Å². The molecule has 0 saturated carbocycles. The molecule has 1 atom stereocenters. The average molecular weight is 348 g/mol. The topological polar surface area (TPSA) is 112 Å². The van der Waals surface area contributed by atoms with Crippen LogP contribution in [0.2, 0.25) is 0 Å². The Hall–Kier alpha value is -2.45. The number of ether oxygens (including phenoxy) is 2. The standard InChI is InChI=1S/C17H24N4O4/c1-11(2)16(18)17(22)19-8-15-20-14(21-25-15)10-24-9-12-5-4-6-13(7-12)23-3/h4-7,11,16H,8-10,18H2,1-3H3,(H,19,22)/t16-/m0/s1. The Morgan fingerprint density at radius 2 is 2.16 bits per heavy atom. The highest BCUT2D eigenvalue weighted by Gasteiger charge is 2.17. The van der Waals surface area contributed by atoms with E-state index >= 15 is 0 Å². The van der Waals surface area contributed by atoms with Gasteiger partial charge in [-0.25, -0.2) is 0 Å². The zero-order valence-electron chi connectivity index (χ0n) is 14.7. The minimum absolute atomic E-state index is 0.0586. The van der Waals surface area contributed by atoms with Gasteiger partial charge >= 0.3 is 0 Å². The summed E-state index contributed by atoms with van der Waals surface area (Å²) >= 11 is 0. The summed E-state index contributed by atoms with van der Waals surface area (Å²) < 4.78 is 15.8. The van der Waals surface area contributed by atoms with Gasteiger partial charge in [0.05, 0.1) is 26.3 Å². The molecule has 0 fully saturated rings. The van der Waals surface area contributed by atoms with Crippen LogP contribution in [0.3, 0.4) is 0 Å². The van der Waals surface area contributed by atoms with Crippen molar-refractivity contribution in [2.75, 3.05) is 7.11 Å². The summed E-state index contributed by atoms with van der Waals surface area (Å²) in [4.78, 5) is 16.0. The lowest BCUT2D eigenvalue weighted by Crippen LogP contribution is -2.43. The van der Waals surface area contributed by atoms with E-state index in [4.69, 9.17) is 19.7 Å². The van der Waals surface area contributed by atoms with Crippen molar-refractivity contribution in [2.24, 2.45) is 11.7 Å². The van der Waals surface area contributed by atoms with Gasteiger partial charge in [-0.05, 0) is 23.6 Å². The van der Waals surface area contributed by atoms with Gasteiger partial charge in [0, 0.05) is 0 Å². The first-order chi connectivity index (χ1) is 12.0. The summed E-state index contributed by atoms with van der Waals surface area (Å²) in [7, 11) is 1.62. The first kappa shape index (κ1) is 18.9. The van der Waals surface area contributed by atoms with E-state index in [2.05, 4.69) is 15.5 Å². The van der Waals surface area contributed by atoms with Crippen LogP contribution >= 0.6 is 0 Å². The number of methoxy groups -OCH3 is 1. The van der Waals surface area contributed by atoms with Crippen LogP contribution in [0.15, 0.2) is 28.8 Å². The number of amides is 1. The number of hydrogen-bond acceptors (Lipinski definition) is 7. The van der Waals surface area contributed by atoms with Crippen LogP contribution in [-0.4, -0.2) is 29.2 Å². The number of carbonyl (C=O) groups is 1. The summed E-state index contributed by atoms with van der Waals surface area (Å²) in [5, 5.41) is 6.49. The molecule has 1 aromatic heterocycles. The predicted molar refractivity (Wildman–Crippen MR) is 90.4 cm³/mol. The summed E-state index contributed by atoms with van der Waals surface area (Å²) in [6.45, 7) is 4.52. The molecule has 0 aliphatic heterocycles. The van der Waals surface area contributed by atoms with Crippen LogP contribution in [-0.2, 0) is 29.3 Å². The molecule has 0 bridgehead atoms. The minimum atomic E-state index is -0.561. The molecule has 1 amide bonds. The van der Waals surface area contributed by atoms with E-state index in [0.717, 1.165) is 11.3 Å². The first-order valence-corrected chi connectivity index (χ1v) is 8.05. The maximum atomic E-state index is 11.8. The number of aromatic nitrogens is 2. The van der Waals surface area contributed by atoms with Gasteiger partial charge in [0.2, 0.25) is 11.8 Å². The molecule has 0 aliphatic rings. The van der Waals surface area contributed by atoms with E-state index in [1.165, 1.54) is 0 Å². The van der Waals surface area contributed by atoms with Crippen molar-refractivity contribution < 1.29 is 18.8 Å². The molecule has 2 rings (SSSR count). The molecular weight excluding hydrogens is 324 g/mol. The summed E-state index contributed by atoms with van der Waals surface area (Å²) in [6.07, 6.45) is 0. The van der Waals surface area contributed by atoms with E-state index in [9.17, 15) is 4.79 Å². The summed E-state index contributed by atoms with van der Waals surface area (Å²) in [6, 6.07) is 7.05. The third kappa shape index (κ3) is 5.84. The SMILES string of the molecule is COc1cccc(COCc2noc(CNC(=O)[C@@H](N)C(C)C)n2)c1. The predicted octanol–water partition coefficient (Wildman–Crippen LogP) is 1.39. The van der Waals surface area contributed by atoms with Crippen molar-refractivity contribution in [1.82, 2.24) is 15.5 Å². The quantitative estimate of drug-likeness (QED) is 0.704. The van der Waals surface area contributed by atoms with Crippen molar-refractivity contribution in [3.63, 3.8) is 0 Å². The second-order valence-corrected chi connectivity index (χ2v) is 5.94. The van der Waals surface area contributed by atoms with Gasteiger partial charge in [0.25, 0.3) is 0 Å². The van der Waals surface area contributed by atoms with Gasteiger partial charge in [0.15, 0.2) is 5.82 Å². The second kappa shape index (κ2) is 9.14. The Morgan fingerprint density at radius 1 is 1.36 bits per heavy atom. The molecule has 0 spiro atoms. The fourth-order valence-electron chi connectivity index (χ4n) is 2.03. The molecule has 0 unspecified atom stereocenters. The van der Waals surface area contributed by atoms with E-state index in [0.29, 0.717) is 18.3 Å². The van der Waals surface area contributed by atoms with Gasteiger partial charge in [-0.3, -0.25) is 4.79 Å². The second-order valence-electron chi connectivity index (χ2n) is 5.94. The number of hydrogen-bond donors (Lipinski definition) is 2. The van der Waals surface area contributed by atoms with Crippen LogP contribution < -0.4 is 15.8 Å². The lowest BCUT2D eigenvalue weighted by molar-refractivity contribution is -0.123. The molecule has 3 N–H and O–H groups in total. The fraction of sp³-hybridized carbons (Fsp3) is 0.471. The third-order valence-corrected chi connectivity index (χ3v) is 3.58. The highest BCUT2D eigenvalue weighted by molar-refractivity contribution is 5.81. The average Bonchev–Trinajstić information content (AvgIpc) is 3.07. The fourth-order valence-corrected chi connectivity index (χ4v) is 2.03. The van der Waals surface area contributed by atoms with Gasteiger partial charge in [-0.1, -0.05) is 31.1 Å². The lowest BCUT2D eigenvalue weighted by Gasteiger charge is -2.14. The number of rotatable bonds is 9. The molecule has 2 aromatic rings. The smallest absolute Gasteiger partial charge is 0.246 e. The van der Waals surface area contributed by atoms with Crippen molar-refractivity contribution in [1.29, 1.82) is 0 Å². The minimum Gasteiger partial charge on any atom is -0.497 e. The molecular formula is C17H24N4O4. The van der Waals surface area contributed by atoms with Gasteiger partial charge in [-0.15, -0.1) is 0 Å². The zero-order chi connectivity index (χ0) is 18.2. The maximum Gasteiger partial charge on any atom is 0.246 e. The maximum absolute atomic E-state index is 11.8. The Morgan fingerprint density at radius 3 is 2.88 bits per heavy atom. The lowest BCUT2D eigenvalue weighted by atomic mass is 10.1. The van der Waals surface area contributed by atoms with E-state index in [1.807, 2.05) is 38.1 Å². The Balaban J connectivity index is 1.76. The normalized spacial score (nSPS) is 12.2. The van der Waals surface area contributed by atoms with Gasteiger partial charge in [0.1, 0.15) is 12.4 Å². The summed E-state index contributed by atoms with van der Waals surface area (Å²) in [5.41, 5.74) is 6.75. The van der Waals surface area contributed by atoms with E-state index < -0.39 is 6.04 Å². The van der Waals surface area contributed by atoms with Crippen LogP contribution in [0.1, 0.15) is 31.1 Å². The molecule has 1 heterocycles. The monoisotopic (exact) mass is 348 g/mol. The first-order valence-electron chi connectivity index (χ1n) is 8.05. The van der Waals surface area contributed by atoms with Gasteiger partial charge < -0.3 is 25.0 Å². The molecule has 8 heteroatoms. The largest absolute Gasteiger partial charge is 0.497 e. The number of nitrogens with zero attached hydrogens (tertiary/aromatic N) is 2. The molecule has 0 aliphatic carbocycles. The number of nitrogens with two attached hydrogens (primary N) is 1. The van der Waals surface area contributed by atoms with E-state index in [1.54, 1.807) is 7.11 Å². The highest BCUT2D eigenvalue weighted by atomic mass is 16.5. The van der Waals surface area contributed by atoms with Gasteiger partial charge in [-0.2, -0.15) is 4.98 Å². The van der Waals surface area contributed by atoms with Crippen LogP contribution in [0, 0.1) is 5.92 Å². The molecule has 0 radical (unpaired) electrons. The summed E-state index contributed by atoms with van der Waals surface area (Å²) in [5.74, 6) is 1.31. The van der Waals surface area contributed by atoms with Crippen molar-refractivity contribution >= 4 is 5.91 Å². The Kier molecular flexibility index (Phi) is 6.91. The van der Waals surface area contributed by atoms with Crippen LogP contribution in [0.4, 0.5) is 0 Å². The van der Waals surface area contributed by atoms with E-state index in [-0.39, 0.29) is 25.0 Å². The Labute approximate surface area is 146 Å². The number of nitrogens with one attached hydrogen (secondary N) is 1. The van der Waals surface area contributed by atoms with Crippen molar-refractivity contribution in [3.8, 4) is 5.75 Å². The molecule has 8 nitrogen and oxygen atoms in total. The molecule has 0 saturated heterocycles. The van der Waals surface area contributed by atoms with Crippen molar-refractivity contribution in [2.45, 2.75) is 39.6 Å². The molecule has 1 aromatic carbocycles. The number of benzene rings is 1.